The van der Waals surface area contributed by atoms with Gasteiger partial charge in [-0.3, -0.25) is 4.79 Å². The molecule has 0 aromatic heterocycles. The minimum Gasteiger partial charge on any atom is -0.494 e. The van der Waals surface area contributed by atoms with Crippen LogP contribution in [0.15, 0.2) is 60.3 Å². The van der Waals surface area contributed by atoms with E-state index in [2.05, 4.69) is 22.8 Å². The van der Waals surface area contributed by atoms with Crippen LogP contribution in [0.5, 0.6) is 5.75 Å². The highest BCUT2D eigenvalue weighted by Gasteiger charge is 2.17. The van der Waals surface area contributed by atoms with Gasteiger partial charge in [-0.2, -0.15) is 5.26 Å². The van der Waals surface area contributed by atoms with Crippen molar-refractivity contribution in [1.29, 1.82) is 5.26 Å². The zero-order valence-corrected chi connectivity index (χ0v) is 17.4. The third kappa shape index (κ3) is 7.00. The first-order valence-corrected chi connectivity index (χ1v) is 9.97. The summed E-state index contributed by atoms with van der Waals surface area (Å²) < 4.78 is 5.67. The molecule has 1 atom stereocenters. The second kappa shape index (κ2) is 11.6. The molecule has 0 aliphatic rings. The van der Waals surface area contributed by atoms with Gasteiger partial charge in [0.1, 0.15) is 17.4 Å². The van der Waals surface area contributed by atoms with Crippen LogP contribution in [0.25, 0.3) is 0 Å². The summed E-state index contributed by atoms with van der Waals surface area (Å²) in [6.07, 6.45) is 3.35. The van der Waals surface area contributed by atoms with E-state index < -0.39 is 5.91 Å². The molecule has 29 heavy (non-hydrogen) atoms. The first kappa shape index (κ1) is 22.0. The van der Waals surface area contributed by atoms with Crippen molar-refractivity contribution in [2.24, 2.45) is 0 Å². The lowest BCUT2D eigenvalue weighted by Gasteiger charge is -2.18. The van der Waals surface area contributed by atoms with Crippen molar-refractivity contribution in [3.8, 4) is 11.8 Å². The zero-order chi connectivity index (χ0) is 21.1. The summed E-state index contributed by atoms with van der Waals surface area (Å²) in [5.74, 6) is 0.340. The lowest BCUT2D eigenvalue weighted by atomic mass is 10.0. The lowest BCUT2D eigenvalue weighted by molar-refractivity contribution is -0.117. The number of amides is 1. The molecule has 152 valence electrons. The van der Waals surface area contributed by atoms with Crippen LogP contribution in [-0.2, 0) is 11.2 Å². The van der Waals surface area contributed by atoms with Gasteiger partial charge >= 0.3 is 0 Å². The summed E-state index contributed by atoms with van der Waals surface area (Å²) in [5, 5.41) is 15.3. The number of ether oxygens (including phenoxy) is 1. The maximum Gasteiger partial charge on any atom is 0.263 e. The number of nitriles is 1. The predicted molar refractivity (Wildman–Crippen MR) is 115 cm³/mol. The maximum atomic E-state index is 12.5. The number of nitrogens with zero attached hydrogens (tertiary/aromatic N) is 1. The Morgan fingerprint density at radius 3 is 2.69 bits per heavy atom. The van der Waals surface area contributed by atoms with Crippen LogP contribution in [0.2, 0.25) is 0 Å². The summed E-state index contributed by atoms with van der Waals surface area (Å²) in [7, 11) is 0. The van der Waals surface area contributed by atoms with Crippen molar-refractivity contribution >= 4 is 5.91 Å². The van der Waals surface area contributed by atoms with Gasteiger partial charge in [-0.05, 0) is 45.2 Å². The summed E-state index contributed by atoms with van der Waals surface area (Å²) in [4.78, 5) is 12.5. The fourth-order valence-corrected chi connectivity index (χ4v) is 3.01. The normalized spacial score (nSPS) is 12.0. The third-order valence-corrected chi connectivity index (χ3v) is 4.52. The second-order valence-electron chi connectivity index (χ2n) is 6.88. The smallest absolute Gasteiger partial charge is 0.263 e. The highest BCUT2D eigenvalue weighted by atomic mass is 16.5. The average molecular weight is 392 g/mol. The summed E-state index contributed by atoms with van der Waals surface area (Å²) in [6.45, 7) is 7.04. The van der Waals surface area contributed by atoms with Gasteiger partial charge in [-0.1, -0.05) is 48.0 Å². The first-order valence-electron chi connectivity index (χ1n) is 9.97. The van der Waals surface area contributed by atoms with Crippen LogP contribution in [-0.4, -0.2) is 19.1 Å². The molecule has 0 saturated carbocycles. The van der Waals surface area contributed by atoms with E-state index in [-0.39, 0.29) is 11.6 Å². The van der Waals surface area contributed by atoms with E-state index in [4.69, 9.17) is 4.74 Å². The van der Waals surface area contributed by atoms with Gasteiger partial charge in [-0.25, -0.2) is 0 Å². The van der Waals surface area contributed by atoms with Gasteiger partial charge in [0.25, 0.3) is 5.91 Å². The average Bonchev–Trinajstić information content (AvgIpc) is 2.72. The molecule has 0 bridgehead atoms. The van der Waals surface area contributed by atoms with E-state index in [0.29, 0.717) is 13.2 Å². The molecule has 0 radical (unpaired) electrons. The topological polar surface area (TPSA) is 74.1 Å². The van der Waals surface area contributed by atoms with Crippen molar-refractivity contribution in [2.75, 3.05) is 13.2 Å². The van der Waals surface area contributed by atoms with E-state index >= 15 is 0 Å². The summed E-state index contributed by atoms with van der Waals surface area (Å²) >= 11 is 0. The third-order valence-electron chi connectivity index (χ3n) is 4.52. The molecule has 0 fully saturated rings. The maximum absolute atomic E-state index is 12.5. The van der Waals surface area contributed by atoms with Crippen molar-refractivity contribution in [3.05, 3.63) is 77.0 Å². The number of carbonyl (C=O) groups excluding carboxylic acids is 1. The Hall–Kier alpha value is -3.26. The van der Waals surface area contributed by atoms with Crippen molar-refractivity contribution in [1.82, 2.24) is 10.6 Å². The minimum absolute atomic E-state index is 0.0576. The number of aryl methyl sites for hydroxylation is 2. The predicted octanol–water partition coefficient (Wildman–Crippen LogP) is 4.20. The molecular formula is C24H29N3O2. The number of benzene rings is 2. The van der Waals surface area contributed by atoms with Gasteiger partial charge in [0, 0.05) is 18.3 Å². The molecule has 2 N–H and O–H groups in total. The van der Waals surface area contributed by atoms with E-state index in [1.54, 1.807) is 0 Å². The minimum atomic E-state index is -0.403. The monoisotopic (exact) mass is 391 g/mol. The molecule has 1 amide bonds. The Labute approximate surface area is 173 Å². The Balaban J connectivity index is 1.91. The van der Waals surface area contributed by atoms with Crippen molar-refractivity contribution in [2.45, 2.75) is 39.7 Å². The molecule has 0 aliphatic carbocycles. The SMILES string of the molecule is CCOc1ccc(C)cc1C(C)NC(=O)/C(C#N)=C\NCCCc1ccccc1. The standard InChI is InChI=1S/C24H29N3O2/c1-4-29-23-13-12-18(2)15-22(23)19(3)27-24(28)21(16-25)17-26-14-8-11-20-9-6-5-7-10-20/h5-7,9-10,12-13,15,17,19,26H,4,8,11,14H2,1-3H3,(H,27,28)/b21-17-. The quantitative estimate of drug-likeness (QED) is 0.362. The molecule has 5 heteroatoms. The Bertz CT molecular complexity index is 869. The highest BCUT2D eigenvalue weighted by molar-refractivity contribution is 5.97. The van der Waals surface area contributed by atoms with Gasteiger partial charge < -0.3 is 15.4 Å². The largest absolute Gasteiger partial charge is 0.494 e. The Morgan fingerprint density at radius 1 is 1.24 bits per heavy atom. The van der Waals surface area contributed by atoms with Gasteiger partial charge in [0.2, 0.25) is 0 Å². The molecule has 0 spiro atoms. The van der Waals surface area contributed by atoms with E-state index in [1.807, 2.05) is 63.2 Å². The van der Waals surface area contributed by atoms with Gasteiger partial charge in [0.05, 0.1) is 12.6 Å². The van der Waals surface area contributed by atoms with Crippen LogP contribution in [0.4, 0.5) is 0 Å². The molecule has 0 aliphatic heterocycles. The van der Waals surface area contributed by atoms with E-state index in [9.17, 15) is 10.1 Å². The molecule has 5 nitrogen and oxygen atoms in total. The highest BCUT2D eigenvalue weighted by Crippen LogP contribution is 2.26. The van der Waals surface area contributed by atoms with Crippen LogP contribution in [0.1, 0.15) is 43.0 Å². The number of hydrogen-bond acceptors (Lipinski definition) is 4. The van der Waals surface area contributed by atoms with Crippen LogP contribution in [0.3, 0.4) is 0 Å². The zero-order valence-electron chi connectivity index (χ0n) is 17.4. The molecule has 1 unspecified atom stereocenters. The Morgan fingerprint density at radius 2 is 2.00 bits per heavy atom. The fourth-order valence-electron chi connectivity index (χ4n) is 3.01. The Kier molecular flexibility index (Phi) is 8.78. The number of nitrogens with one attached hydrogen (secondary N) is 2. The van der Waals surface area contributed by atoms with E-state index in [1.165, 1.54) is 11.8 Å². The molecule has 2 aromatic carbocycles. The molecule has 2 rings (SSSR count). The molecule has 2 aromatic rings. The van der Waals surface area contributed by atoms with Crippen LogP contribution >= 0.6 is 0 Å². The van der Waals surface area contributed by atoms with Crippen LogP contribution < -0.4 is 15.4 Å². The fraction of sp³-hybridized carbons (Fsp3) is 0.333. The molecule has 0 saturated heterocycles. The van der Waals surface area contributed by atoms with Crippen LogP contribution in [0, 0.1) is 18.3 Å². The lowest BCUT2D eigenvalue weighted by Crippen LogP contribution is -2.29. The van der Waals surface area contributed by atoms with Crippen molar-refractivity contribution < 1.29 is 9.53 Å². The molecule has 0 heterocycles. The number of hydrogen-bond donors (Lipinski definition) is 2. The van der Waals surface area contributed by atoms with Crippen molar-refractivity contribution in [3.63, 3.8) is 0 Å². The summed E-state index contributed by atoms with van der Waals surface area (Å²) in [6, 6.07) is 17.8. The second-order valence-corrected chi connectivity index (χ2v) is 6.88. The number of carbonyl (C=O) groups is 1. The first-order chi connectivity index (χ1) is 14.0. The van der Waals surface area contributed by atoms with Gasteiger partial charge in [0.15, 0.2) is 0 Å². The molecular weight excluding hydrogens is 362 g/mol. The van der Waals surface area contributed by atoms with E-state index in [0.717, 1.165) is 29.7 Å². The number of rotatable bonds is 10. The van der Waals surface area contributed by atoms with Gasteiger partial charge in [-0.15, -0.1) is 0 Å². The summed E-state index contributed by atoms with van der Waals surface area (Å²) in [5.41, 5.74) is 3.31.